The molecule has 0 amide bonds. The van der Waals surface area contributed by atoms with E-state index in [9.17, 15) is 9.59 Å². The fourth-order valence-electron chi connectivity index (χ4n) is 4.78. The van der Waals surface area contributed by atoms with E-state index < -0.39 is 11.9 Å². The second-order valence-electron chi connectivity index (χ2n) is 8.76. The van der Waals surface area contributed by atoms with Crippen LogP contribution in [-0.2, 0) is 14.3 Å². The molecule has 2 aliphatic rings. The molecule has 2 atom stereocenters. The molecule has 1 N–H and O–H groups in total. The number of esters is 1. The molecule has 1 heterocycles. The zero-order valence-corrected chi connectivity index (χ0v) is 20.0. The first-order valence-electron chi connectivity index (χ1n) is 11.1. The number of Topliss-reactive ketones (excluding diaryl/α,β-unsaturated/α-hetero) is 1. The van der Waals surface area contributed by atoms with Gasteiger partial charge in [-0.15, -0.1) is 0 Å². The van der Waals surface area contributed by atoms with E-state index in [0.717, 1.165) is 16.8 Å². The van der Waals surface area contributed by atoms with Crippen LogP contribution in [0.15, 0.2) is 71.1 Å². The molecule has 6 heteroatoms. The number of carbonyl (C=O) groups is 2. The summed E-state index contributed by atoms with van der Waals surface area (Å²) in [5.74, 6) is -0.294. The highest BCUT2D eigenvalue weighted by Gasteiger charge is 2.42. The molecule has 0 aromatic heterocycles. The lowest BCUT2D eigenvalue weighted by molar-refractivity contribution is -0.136. The summed E-state index contributed by atoms with van der Waals surface area (Å²) in [4.78, 5) is 26.5. The van der Waals surface area contributed by atoms with Gasteiger partial charge in [0.05, 0.1) is 24.7 Å². The van der Waals surface area contributed by atoms with Gasteiger partial charge in [-0.25, -0.2) is 4.79 Å². The number of halogens is 1. The third-order valence-corrected chi connectivity index (χ3v) is 6.42. The average molecular weight is 466 g/mol. The molecule has 5 nitrogen and oxygen atoms in total. The lowest BCUT2D eigenvalue weighted by Crippen LogP contribution is -2.36. The van der Waals surface area contributed by atoms with Gasteiger partial charge >= 0.3 is 5.97 Å². The summed E-state index contributed by atoms with van der Waals surface area (Å²) in [7, 11) is 1.36. The number of carbonyl (C=O) groups excluding carboxylic acids is 2. The van der Waals surface area contributed by atoms with E-state index in [0.29, 0.717) is 40.5 Å². The van der Waals surface area contributed by atoms with Gasteiger partial charge in [0.2, 0.25) is 0 Å². The topological polar surface area (TPSA) is 64.6 Å². The van der Waals surface area contributed by atoms with Gasteiger partial charge in [0.25, 0.3) is 0 Å². The van der Waals surface area contributed by atoms with E-state index in [2.05, 4.69) is 5.32 Å². The second-order valence-corrected chi connectivity index (χ2v) is 9.20. The Bertz CT molecular complexity index is 1150. The minimum absolute atomic E-state index is 0.0157. The van der Waals surface area contributed by atoms with Gasteiger partial charge in [0.15, 0.2) is 5.78 Å². The van der Waals surface area contributed by atoms with Crippen LogP contribution in [0.2, 0.25) is 5.02 Å². The van der Waals surface area contributed by atoms with Gasteiger partial charge in [0, 0.05) is 34.0 Å². The molecule has 2 aromatic rings. The fraction of sp³-hybridized carbons (Fsp3) is 0.333. The summed E-state index contributed by atoms with van der Waals surface area (Å²) >= 11 is 6.06. The normalized spacial score (nSPS) is 20.5. The van der Waals surface area contributed by atoms with Crippen LogP contribution in [0.1, 0.15) is 56.6 Å². The van der Waals surface area contributed by atoms with Crippen molar-refractivity contribution in [3.63, 3.8) is 0 Å². The molecule has 33 heavy (non-hydrogen) atoms. The molecule has 0 saturated heterocycles. The SMILES string of the molecule is COC(=O)C1=C(C)NC2=C(C(=O)C[C@@H](c3ccc(Cl)cc3)C2)[C@@H]1c1ccccc1OC(C)C. The van der Waals surface area contributed by atoms with Gasteiger partial charge in [-0.3, -0.25) is 4.79 Å². The maximum Gasteiger partial charge on any atom is 0.336 e. The van der Waals surface area contributed by atoms with E-state index in [-0.39, 0.29) is 17.8 Å². The lowest BCUT2D eigenvalue weighted by atomic mass is 9.71. The fourth-order valence-corrected chi connectivity index (χ4v) is 4.91. The molecule has 1 aliphatic carbocycles. The smallest absolute Gasteiger partial charge is 0.336 e. The maximum absolute atomic E-state index is 13.6. The van der Waals surface area contributed by atoms with Crippen molar-refractivity contribution in [3.05, 3.63) is 87.2 Å². The number of rotatable bonds is 5. The molecule has 0 bridgehead atoms. The molecular formula is C27H28ClNO4. The van der Waals surface area contributed by atoms with E-state index >= 15 is 0 Å². The van der Waals surface area contributed by atoms with E-state index in [1.807, 2.05) is 69.3 Å². The second kappa shape index (κ2) is 9.44. The van der Waals surface area contributed by atoms with Gasteiger partial charge in [0.1, 0.15) is 5.75 Å². The first-order valence-corrected chi connectivity index (χ1v) is 11.5. The number of ketones is 1. The van der Waals surface area contributed by atoms with Crippen molar-refractivity contribution in [2.75, 3.05) is 7.11 Å². The molecule has 0 unspecified atom stereocenters. The molecule has 172 valence electrons. The Hall–Kier alpha value is -3.05. The highest BCUT2D eigenvalue weighted by Crippen LogP contribution is 2.47. The Morgan fingerprint density at radius 1 is 1.09 bits per heavy atom. The van der Waals surface area contributed by atoms with Crippen molar-refractivity contribution >= 4 is 23.4 Å². The van der Waals surface area contributed by atoms with Gasteiger partial charge in [-0.05, 0) is 56.9 Å². The van der Waals surface area contributed by atoms with Crippen LogP contribution < -0.4 is 10.1 Å². The Labute approximate surface area is 199 Å². The molecule has 2 aromatic carbocycles. The first-order chi connectivity index (χ1) is 15.8. The number of hydrogen-bond donors (Lipinski definition) is 1. The number of para-hydroxylation sites is 1. The van der Waals surface area contributed by atoms with Crippen molar-refractivity contribution in [2.45, 2.75) is 51.6 Å². The van der Waals surface area contributed by atoms with Crippen LogP contribution in [0.25, 0.3) is 0 Å². The quantitative estimate of drug-likeness (QED) is 0.577. The first kappa shape index (κ1) is 23.1. The Morgan fingerprint density at radius 3 is 2.45 bits per heavy atom. The van der Waals surface area contributed by atoms with Crippen LogP contribution in [0, 0.1) is 0 Å². The van der Waals surface area contributed by atoms with Crippen molar-refractivity contribution in [3.8, 4) is 5.75 Å². The van der Waals surface area contributed by atoms with Crippen LogP contribution in [0.5, 0.6) is 5.75 Å². The highest BCUT2D eigenvalue weighted by molar-refractivity contribution is 6.30. The Morgan fingerprint density at radius 2 is 1.79 bits per heavy atom. The summed E-state index contributed by atoms with van der Waals surface area (Å²) in [6.45, 7) is 5.76. The van der Waals surface area contributed by atoms with E-state index in [1.165, 1.54) is 7.11 Å². The number of ether oxygens (including phenoxy) is 2. The molecule has 0 fully saturated rings. The van der Waals surface area contributed by atoms with Crippen LogP contribution >= 0.6 is 11.6 Å². The number of nitrogens with one attached hydrogen (secondary N) is 1. The zero-order chi connectivity index (χ0) is 23.7. The van der Waals surface area contributed by atoms with Gasteiger partial charge in [-0.2, -0.15) is 0 Å². The van der Waals surface area contributed by atoms with E-state index in [1.54, 1.807) is 0 Å². The monoisotopic (exact) mass is 465 g/mol. The number of methoxy groups -OCH3 is 1. The lowest BCUT2D eigenvalue weighted by Gasteiger charge is -2.37. The molecule has 0 spiro atoms. The third kappa shape index (κ3) is 4.55. The average Bonchev–Trinajstić information content (AvgIpc) is 2.78. The summed E-state index contributed by atoms with van der Waals surface area (Å²) in [5.41, 5.74) is 4.45. The molecule has 0 saturated carbocycles. The summed E-state index contributed by atoms with van der Waals surface area (Å²) in [5, 5.41) is 4.02. The van der Waals surface area contributed by atoms with Crippen LogP contribution in [0.4, 0.5) is 0 Å². The number of allylic oxidation sites excluding steroid dienone is 3. The Balaban J connectivity index is 1.83. The minimum atomic E-state index is -0.553. The summed E-state index contributed by atoms with van der Waals surface area (Å²) in [6, 6.07) is 15.2. The van der Waals surface area contributed by atoms with Crippen molar-refractivity contribution in [1.82, 2.24) is 5.32 Å². The standard InChI is InChI=1S/C27H28ClNO4/c1-15(2)33-23-8-6-5-7-20(23)25-24(27(31)32-4)16(3)29-21-13-18(14-22(30)26(21)25)17-9-11-19(28)12-10-17/h5-12,15,18,25,29H,13-14H2,1-4H3/t18-,25+/m0/s1. The predicted molar refractivity (Wildman–Crippen MR) is 128 cm³/mol. The summed E-state index contributed by atoms with van der Waals surface area (Å²) in [6.07, 6.45) is 0.974. The maximum atomic E-state index is 13.6. The zero-order valence-electron chi connectivity index (χ0n) is 19.3. The number of dihydropyridines is 1. The van der Waals surface area contributed by atoms with Gasteiger partial charge < -0.3 is 14.8 Å². The number of benzene rings is 2. The minimum Gasteiger partial charge on any atom is -0.491 e. The number of hydrogen-bond acceptors (Lipinski definition) is 5. The molecular weight excluding hydrogens is 438 g/mol. The van der Waals surface area contributed by atoms with Crippen molar-refractivity contribution < 1.29 is 19.1 Å². The van der Waals surface area contributed by atoms with Crippen molar-refractivity contribution in [2.24, 2.45) is 0 Å². The van der Waals surface area contributed by atoms with Crippen LogP contribution in [0.3, 0.4) is 0 Å². The predicted octanol–water partition coefficient (Wildman–Crippen LogP) is 5.66. The highest BCUT2D eigenvalue weighted by atomic mass is 35.5. The largest absolute Gasteiger partial charge is 0.491 e. The Kier molecular flexibility index (Phi) is 6.61. The van der Waals surface area contributed by atoms with E-state index in [4.69, 9.17) is 21.1 Å². The molecule has 1 aliphatic heterocycles. The molecule has 4 rings (SSSR count). The van der Waals surface area contributed by atoms with Gasteiger partial charge in [-0.1, -0.05) is 41.9 Å². The van der Waals surface area contributed by atoms with Crippen molar-refractivity contribution in [1.29, 1.82) is 0 Å². The summed E-state index contributed by atoms with van der Waals surface area (Å²) < 4.78 is 11.2. The van der Waals surface area contributed by atoms with Crippen LogP contribution in [-0.4, -0.2) is 25.0 Å². The third-order valence-electron chi connectivity index (χ3n) is 6.17. The molecule has 0 radical (unpaired) electrons.